The molecule has 2 N–H and O–H groups in total. The minimum Gasteiger partial charge on any atom is -0.457 e. The Morgan fingerprint density at radius 3 is 2.31 bits per heavy atom. The highest BCUT2D eigenvalue weighted by molar-refractivity contribution is 5.66. The number of nitriles is 3. The van der Waals surface area contributed by atoms with E-state index in [1.807, 2.05) is 0 Å². The van der Waals surface area contributed by atoms with Gasteiger partial charge >= 0.3 is 6.18 Å². The lowest BCUT2D eigenvalue weighted by molar-refractivity contribution is -0.137. The van der Waals surface area contributed by atoms with Gasteiger partial charge < -0.3 is 10.2 Å². The second kappa shape index (κ2) is 7.29. The number of hydrogen-bond acceptors (Lipinski definition) is 5. The van der Waals surface area contributed by atoms with Crippen molar-refractivity contribution in [1.29, 1.82) is 15.8 Å². The number of hydrogen-bond donors (Lipinski definition) is 1. The summed E-state index contributed by atoms with van der Waals surface area (Å²) in [5.74, 6) is 0.287. The monoisotopic (exact) mass is 354 g/mol. The summed E-state index contributed by atoms with van der Waals surface area (Å²) in [6.45, 7) is 0. The summed E-state index contributed by atoms with van der Waals surface area (Å²) in [6.07, 6.45) is -3.29. The lowest BCUT2D eigenvalue weighted by Crippen LogP contribution is -2.04. The van der Waals surface area contributed by atoms with E-state index in [4.69, 9.17) is 25.9 Å². The summed E-state index contributed by atoms with van der Waals surface area (Å²) in [5, 5.41) is 26.7. The van der Waals surface area contributed by atoms with Gasteiger partial charge in [-0.05, 0) is 24.3 Å². The minimum atomic E-state index is -4.48. The number of alkyl halides is 3. The summed E-state index contributed by atoms with van der Waals surface area (Å²) in [7, 11) is 0. The topological polar surface area (TPSA) is 111 Å². The molecular formula is C18H9F3N4O. The molecule has 0 fully saturated rings. The van der Waals surface area contributed by atoms with E-state index in [-0.39, 0.29) is 28.4 Å². The van der Waals surface area contributed by atoms with E-state index < -0.39 is 17.3 Å². The van der Waals surface area contributed by atoms with Crippen molar-refractivity contribution >= 4 is 6.08 Å². The maximum atomic E-state index is 12.8. The fraction of sp³-hybridized carbons (Fsp3) is 0.0556. The number of furan rings is 1. The Morgan fingerprint density at radius 1 is 1.04 bits per heavy atom. The molecule has 0 saturated heterocycles. The number of rotatable bonds is 3. The Morgan fingerprint density at radius 2 is 1.73 bits per heavy atom. The van der Waals surface area contributed by atoms with Crippen molar-refractivity contribution in [1.82, 2.24) is 0 Å². The molecule has 0 aliphatic rings. The van der Waals surface area contributed by atoms with E-state index in [0.717, 1.165) is 12.1 Å². The van der Waals surface area contributed by atoms with E-state index in [2.05, 4.69) is 0 Å². The Balaban J connectivity index is 2.43. The van der Waals surface area contributed by atoms with E-state index >= 15 is 0 Å². The molecule has 1 aromatic heterocycles. The van der Waals surface area contributed by atoms with Crippen LogP contribution in [-0.4, -0.2) is 0 Å². The van der Waals surface area contributed by atoms with Crippen molar-refractivity contribution < 1.29 is 17.6 Å². The van der Waals surface area contributed by atoms with Crippen LogP contribution < -0.4 is 5.73 Å². The largest absolute Gasteiger partial charge is 0.457 e. The third kappa shape index (κ3) is 3.92. The van der Waals surface area contributed by atoms with Gasteiger partial charge in [0.25, 0.3) is 0 Å². The second-order valence-corrected chi connectivity index (χ2v) is 4.96. The summed E-state index contributed by atoms with van der Waals surface area (Å²) >= 11 is 0. The quantitative estimate of drug-likeness (QED) is 0.658. The highest BCUT2D eigenvalue weighted by atomic mass is 19.4. The summed E-state index contributed by atoms with van der Waals surface area (Å²) in [5.41, 5.74) is 4.08. The molecule has 2 rings (SSSR count). The SMILES string of the molecule is N#CC(C#N)=C(N)/C(C#N)=C/c1ccc(-c2cccc(C(F)(F)F)c2)o1. The first-order valence-electron chi connectivity index (χ1n) is 6.99. The summed E-state index contributed by atoms with van der Waals surface area (Å²) in [4.78, 5) is 0. The van der Waals surface area contributed by atoms with Gasteiger partial charge in [-0.2, -0.15) is 29.0 Å². The third-order valence-corrected chi connectivity index (χ3v) is 3.29. The highest BCUT2D eigenvalue weighted by Crippen LogP contribution is 2.33. The zero-order valence-corrected chi connectivity index (χ0v) is 13.0. The normalized spacial score (nSPS) is 11.2. The molecule has 5 nitrogen and oxygen atoms in total. The van der Waals surface area contributed by atoms with Gasteiger partial charge in [0.15, 0.2) is 5.57 Å². The molecule has 0 spiro atoms. The number of halogens is 3. The van der Waals surface area contributed by atoms with E-state index in [1.165, 1.54) is 30.3 Å². The zero-order valence-electron chi connectivity index (χ0n) is 13.0. The van der Waals surface area contributed by atoms with Crippen LogP contribution in [-0.2, 0) is 6.18 Å². The molecule has 2 aromatic rings. The number of allylic oxidation sites excluding steroid dienone is 2. The van der Waals surface area contributed by atoms with Gasteiger partial charge in [-0.15, -0.1) is 0 Å². The molecule has 0 saturated carbocycles. The lowest BCUT2D eigenvalue weighted by Gasteiger charge is -2.07. The molecule has 0 unspecified atom stereocenters. The first-order valence-corrected chi connectivity index (χ1v) is 6.99. The highest BCUT2D eigenvalue weighted by Gasteiger charge is 2.30. The smallest absolute Gasteiger partial charge is 0.416 e. The summed E-state index contributed by atoms with van der Waals surface area (Å²) in [6, 6.07) is 12.3. The molecule has 0 bridgehead atoms. The average Bonchev–Trinajstić information content (AvgIpc) is 3.08. The van der Waals surface area contributed by atoms with Crippen molar-refractivity contribution in [2.24, 2.45) is 5.73 Å². The maximum absolute atomic E-state index is 12.8. The van der Waals surface area contributed by atoms with Crippen molar-refractivity contribution in [3.8, 4) is 29.5 Å². The van der Waals surface area contributed by atoms with Crippen LogP contribution in [0.5, 0.6) is 0 Å². The van der Waals surface area contributed by atoms with Gasteiger partial charge in [-0.1, -0.05) is 12.1 Å². The summed E-state index contributed by atoms with van der Waals surface area (Å²) < 4.78 is 43.8. The predicted octanol–water partition coefficient (Wildman–Crippen LogP) is 4.13. The van der Waals surface area contributed by atoms with Crippen LogP contribution in [0.4, 0.5) is 13.2 Å². The van der Waals surface area contributed by atoms with Crippen molar-refractivity contribution in [3.63, 3.8) is 0 Å². The fourth-order valence-corrected chi connectivity index (χ4v) is 2.03. The van der Waals surface area contributed by atoms with E-state index in [0.29, 0.717) is 0 Å². The molecule has 26 heavy (non-hydrogen) atoms. The predicted molar refractivity (Wildman–Crippen MR) is 85.2 cm³/mol. The Bertz CT molecular complexity index is 1010. The molecule has 1 heterocycles. The van der Waals surface area contributed by atoms with Gasteiger partial charge in [0.05, 0.1) is 16.8 Å². The van der Waals surface area contributed by atoms with Crippen LogP contribution >= 0.6 is 0 Å². The van der Waals surface area contributed by atoms with Gasteiger partial charge in [-0.25, -0.2) is 0 Å². The molecule has 0 radical (unpaired) electrons. The maximum Gasteiger partial charge on any atom is 0.416 e. The van der Waals surface area contributed by atoms with E-state index in [1.54, 1.807) is 18.2 Å². The first kappa shape index (κ1) is 18.4. The molecule has 0 aliphatic carbocycles. The molecule has 0 atom stereocenters. The first-order chi connectivity index (χ1) is 12.3. The fourth-order valence-electron chi connectivity index (χ4n) is 2.03. The molecule has 128 valence electrons. The molecule has 8 heteroatoms. The number of nitrogens with two attached hydrogens (primary N) is 1. The molecular weight excluding hydrogens is 345 g/mol. The van der Waals surface area contributed by atoms with Crippen LogP contribution in [0.3, 0.4) is 0 Å². The van der Waals surface area contributed by atoms with Gasteiger partial charge in [0, 0.05) is 11.6 Å². The van der Waals surface area contributed by atoms with Gasteiger partial charge in [-0.3, -0.25) is 0 Å². The minimum absolute atomic E-state index is 0.132. The van der Waals surface area contributed by atoms with Crippen molar-refractivity contribution in [2.45, 2.75) is 6.18 Å². The standard InChI is InChI=1S/C18H9F3N4O/c19-18(20,21)14-3-1-2-11(6-14)16-5-4-15(26-16)7-12(8-22)17(25)13(9-23)10-24/h1-7H,25H2/b12-7+. The average molecular weight is 354 g/mol. The Labute approximate surface area is 146 Å². The number of nitrogens with zero attached hydrogens (tertiary/aromatic N) is 3. The van der Waals surface area contributed by atoms with Crippen LogP contribution in [0.25, 0.3) is 17.4 Å². The zero-order chi connectivity index (χ0) is 19.3. The van der Waals surface area contributed by atoms with Crippen LogP contribution in [0, 0.1) is 34.0 Å². The molecule has 1 aromatic carbocycles. The number of benzene rings is 1. The van der Waals surface area contributed by atoms with Gasteiger partial charge in [0.1, 0.15) is 29.7 Å². The molecule has 0 aliphatic heterocycles. The van der Waals surface area contributed by atoms with Crippen LogP contribution in [0.2, 0.25) is 0 Å². The molecule has 0 amide bonds. The van der Waals surface area contributed by atoms with Crippen molar-refractivity contribution in [3.05, 3.63) is 64.6 Å². The Hall–Kier alpha value is -3.96. The van der Waals surface area contributed by atoms with E-state index in [9.17, 15) is 13.2 Å². The third-order valence-electron chi connectivity index (χ3n) is 3.29. The van der Waals surface area contributed by atoms with Gasteiger partial charge in [0.2, 0.25) is 0 Å². The lowest BCUT2D eigenvalue weighted by atomic mass is 10.1. The van der Waals surface area contributed by atoms with Crippen LogP contribution in [0.1, 0.15) is 11.3 Å². The Kier molecular flexibility index (Phi) is 5.15. The second-order valence-electron chi connectivity index (χ2n) is 4.96. The van der Waals surface area contributed by atoms with Crippen LogP contribution in [0.15, 0.2) is 57.7 Å². The van der Waals surface area contributed by atoms with Crippen molar-refractivity contribution in [2.75, 3.05) is 0 Å².